The number of nitrogens with zero attached hydrogens (tertiary/aromatic N) is 4. The Kier molecular flexibility index (Phi) is 6.04. The molecule has 1 aromatic heterocycles. The summed E-state index contributed by atoms with van der Waals surface area (Å²) in [6, 6.07) is 13.8. The quantitative estimate of drug-likeness (QED) is 0.798. The van der Waals surface area contributed by atoms with Crippen LogP contribution in [0.2, 0.25) is 0 Å². The normalized spacial score (nSPS) is 17.0. The Bertz CT molecular complexity index is 704. The van der Waals surface area contributed by atoms with Crippen LogP contribution < -0.4 is 9.64 Å². The first-order chi connectivity index (χ1) is 12.6. The number of aryl methyl sites for hydroxylation is 1. The van der Waals surface area contributed by atoms with Crippen molar-refractivity contribution in [2.24, 2.45) is 0 Å². The number of carbonyl (C=O) groups is 1. The molecule has 1 saturated heterocycles. The van der Waals surface area contributed by atoms with Crippen LogP contribution in [0.4, 0.5) is 5.82 Å². The number of benzene rings is 1. The van der Waals surface area contributed by atoms with Crippen molar-refractivity contribution in [1.82, 2.24) is 15.1 Å². The van der Waals surface area contributed by atoms with E-state index in [4.69, 9.17) is 4.74 Å². The summed E-state index contributed by atoms with van der Waals surface area (Å²) in [5.74, 6) is 1.49. The second kappa shape index (κ2) is 8.65. The minimum atomic E-state index is -0.0241. The van der Waals surface area contributed by atoms with Gasteiger partial charge in [-0.25, -0.2) is 0 Å². The molecule has 2 aromatic rings. The molecule has 0 aliphatic carbocycles. The van der Waals surface area contributed by atoms with Gasteiger partial charge in [-0.05, 0) is 30.9 Å². The molecule has 6 nitrogen and oxygen atoms in total. The Morgan fingerprint density at radius 3 is 2.69 bits per heavy atom. The smallest absolute Gasteiger partial charge is 0.233 e. The third-order valence-electron chi connectivity index (χ3n) is 4.57. The van der Waals surface area contributed by atoms with Gasteiger partial charge in [0.15, 0.2) is 5.82 Å². The second-order valence-corrected chi connectivity index (χ2v) is 6.83. The number of anilines is 1. The molecule has 1 aromatic carbocycles. The lowest BCUT2D eigenvalue weighted by atomic mass is 10.1. The molecule has 0 bridgehead atoms. The molecule has 0 N–H and O–H groups in total. The van der Waals surface area contributed by atoms with Crippen molar-refractivity contribution >= 4 is 11.7 Å². The maximum absolute atomic E-state index is 12.5. The molecule has 1 fully saturated rings. The van der Waals surface area contributed by atoms with Gasteiger partial charge in [-0.3, -0.25) is 4.79 Å². The molecule has 0 saturated carbocycles. The Morgan fingerprint density at radius 1 is 1.19 bits per heavy atom. The number of carbonyl (C=O) groups excluding carboxylic acids is 1. The molecule has 1 unspecified atom stereocenters. The fourth-order valence-corrected chi connectivity index (χ4v) is 3.10. The Balaban J connectivity index is 1.51. The van der Waals surface area contributed by atoms with Crippen molar-refractivity contribution in [3.8, 4) is 5.88 Å². The van der Waals surface area contributed by atoms with Gasteiger partial charge >= 0.3 is 0 Å². The number of likely N-dealkylation sites (tertiary alicyclic amines) is 1. The predicted octanol–water partition coefficient (Wildman–Crippen LogP) is 2.55. The van der Waals surface area contributed by atoms with Crippen LogP contribution in [0.5, 0.6) is 5.88 Å². The van der Waals surface area contributed by atoms with E-state index in [1.807, 2.05) is 54.2 Å². The number of aromatic nitrogens is 2. The minimum absolute atomic E-state index is 0.0241. The monoisotopic (exact) mass is 354 g/mol. The van der Waals surface area contributed by atoms with Crippen molar-refractivity contribution in [2.75, 3.05) is 32.1 Å². The largest absolute Gasteiger partial charge is 0.471 e. The van der Waals surface area contributed by atoms with E-state index in [1.54, 1.807) is 0 Å². The van der Waals surface area contributed by atoms with Crippen LogP contribution in [0.3, 0.4) is 0 Å². The van der Waals surface area contributed by atoms with E-state index in [-0.39, 0.29) is 12.0 Å². The van der Waals surface area contributed by atoms with Gasteiger partial charge in [-0.15, -0.1) is 10.2 Å². The average molecular weight is 354 g/mol. The van der Waals surface area contributed by atoms with E-state index >= 15 is 0 Å². The van der Waals surface area contributed by atoms with Crippen LogP contribution in [-0.2, 0) is 11.2 Å². The summed E-state index contributed by atoms with van der Waals surface area (Å²) < 4.78 is 5.95. The molecule has 1 amide bonds. The Morgan fingerprint density at radius 2 is 2.00 bits per heavy atom. The van der Waals surface area contributed by atoms with Crippen LogP contribution in [0, 0.1) is 0 Å². The number of rotatable bonds is 6. The van der Waals surface area contributed by atoms with Crippen LogP contribution >= 0.6 is 0 Å². The number of piperidine rings is 1. The number of amides is 1. The third-order valence-corrected chi connectivity index (χ3v) is 4.57. The van der Waals surface area contributed by atoms with E-state index in [1.165, 1.54) is 5.56 Å². The maximum Gasteiger partial charge on any atom is 0.233 e. The van der Waals surface area contributed by atoms with Crippen molar-refractivity contribution in [1.29, 1.82) is 0 Å². The van der Waals surface area contributed by atoms with E-state index in [2.05, 4.69) is 22.3 Å². The fourth-order valence-electron chi connectivity index (χ4n) is 3.10. The zero-order valence-electron chi connectivity index (χ0n) is 15.5. The lowest BCUT2D eigenvalue weighted by Gasteiger charge is -2.32. The highest BCUT2D eigenvalue weighted by Crippen LogP contribution is 2.18. The topological polar surface area (TPSA) is 58.6 Å². The first kappa shape index (κ1) is 18.2. The second-order valence-electron chi connectivity index (χ2n) is 6.83. The number of ether oxygens (including phenoxy) is 1. The van der Waals surface area contributed by atoms with E-state index in [0.29, 0.717) is 18.8 Å². The van der Waals surface area contributed by atoms with Crippen LogP contribution in [-0.4, -0.2) is 54.3 Å². The van der Waals surface area contributed by atoms with Crippen molar-refractivity contribution in [2.45, 2.75) is 31.8 Å². The highest BCUT2D eigenvalue weighted by molar-refractivity contribution is 5.76. The molecule has 1 aliphatic heterocycles. The highest BCUT2D eigenvalue weighted by Gasteiger charge is 2.25. The van der Waals surface area contributed by atoms with Crippen molar-refractivity contribution in [3.63, 3.8) is 0 Å². The highest BCUT2D eigenvalue weighted by atomic mass is 16.5. The standard InChI is InChI=1S/C20H26N4O2/c1-23(2)18-11-12-19(22-21-18)26-17-9-6-14-24(15-17)20(25)13-10-16-7-4-3-5-8-16/h3-5,7-8,11-12,17H,6,9-10,13-15H2,1-2H3. The van der Waals surface area contributed by atoms with Gasteiger partial charge in [0.2, 0.25) is 11.8 Å². The predicted molar refractivity (Wildman–Crippen MR) is 101 cm³/mol. The zero-order chi connectivity index (χ0) is 18.4. The SMILES string of the molecule is CN(C)c1ccc(OC2CCCN(C(=O)CCc3ccccc3)C2)nn1. The molecule has 1 atom stereocenters. The Hall–Kier alpha value is -2.63. The van der Waals surface area contributed by atoms with E-state index in [9.17, 15) is 4.79 Å². The molecule has 0 spiro atoms. The lowest BCUT2D eigenvalue weighted by molar-refractivity contribution is -0.133. The molecule has 138 valence electrons. The summed E-state index contributed by atoms with van der Waals surface area (Å²) in [4.78, 5) is 16.3. The molecule has 3 rings (SSSR count). The molecular weight excluding hydrogens is 328 g/mol. The number of hydrogen-bond acceptors (Lipinski definition) is 5. The summed E-state index contributed by atoms with van der Waals surface area (Å²) in [6.45, 7) is 1.42. The van der Waals surface area contributed by atoms with Gasteiger partial charge in [0.25, 0.3) is 0 Å². The van der Waals surface area contributed by atoms with Crippen molar-refractivity contribution < 1.29 is 9.53 Å². The van der Waals surface area contributed by atoms with E-state index < -0.39 is 0 Å². The van der Waals surface area contributed by atoms with Crippen LogP contribution in [0.1, 0.15) is 24.8 Å². The van der Waals surface area contributed by atoms with Crippen LogP contribution in [0.15, 0.2) is 42.5 Å². The zero-order valence-corrected chi connectivity index (χ0v) is 15.5. The average Bonchev–Trinajstić information content (AvgIpc) is 2.67. The lowest BCUT2D eigenvalue weighted by Crippen LogP contribution is -2.44. The van der Waals surface area contributed by atoms with Gasteiger partial charge in [0, 0.05) is 33.1 Å². The van der Waals surface area contributed by atoms with Crippen molar-refractivity contribution in [3.05, 3.63) is 48.0 Å². The first-order valence-electron chi connectivity index (χ1n) is 9.11. The summed E-state index contributed by atoms with van der Waals surface area (Å²) in [5, 5.41) is 8.25. The minimum Gasteiger partial charge on any atom is -0.471 e. The fraction of sp³-hybridized carbons (Fsp3) is 0.450. The van der Waals surface area contributed by atoms with Gasteiger partial charge in [-0.1, -0.05) is 30.3 Å². The van der Waals surface area contributed by atoms with E-state index in [0.717, 1.165) is 31.6 Å². The summed E-state index contributed by atoms with van der Waals surface area (Å²) in [7, 11) is 3.84. The van der Waals surface area contributed by atoms with Gasteiger partial charge in [0.1, 0.15) is 6.10 Å². The molecule has 6 heteroatoms. The van der Waals surface area contributed by atoms with Gasteiger partial charge in [0.05, 0.1) is 6.54 Å². The third kappa shape index (κ3) is 4.94. The molecule has 2 heterocycles. The first-order valence-corrected chi connectivity index (χ1v) is 9.11. The summed E-state index contributed by atoms with van der Waals surface area (Å²) in [5.41, 5.74) is 1.20. The number of hydrogen-bond donors (Lipinski definition) is 0. The molecular formula is C20H26N4O2. The molecule has 26 heavy (non-hydrogen) atoms. The maximum atomic E-state index is 12.5. The molecule has 1 aliphatic rings. The molecule has 0 radical (unpaired) electrons. The Labute approximate surface area is 154 Å². The van der Waals surface area contributed by atoms with Gasteiger partial charge in [-0.2, -0.15) is 0 Å². The summed E-state index contributed by atoms with van der Waals surface area (Å²) >= 11 is 0. The summed E-state index contributed by atoms with van der Waals surface area (Å²) in [6.07, 6.45) is 3.17. The van der Waals surface area contributed by atoms with Gasteiger partial charge < -0.3 is 14.5 Å². The van der Waals surface area contributed by atoms with Crippen LogP contribution in [0.25, 0.3) is 0 Å².